The quantitative estimate of drug-likeness (QED) is 0.409. The first-order valence-corrected chi connectivity index (χ1v) is 6.75. The van der Waals surface area contributed by atoms with Crippen molar-refractivity contribution in [2.45, 2.75) is 31.7 Å². The van der Waals surface area contributed by atoms with Gasteiger partial charge in [-0.1, -0.05) is 6.07 Å². The van der Waals surface area contributed by atoms with Crippen molar-refractivity contribution in [3.63, 3.8) is 0 Å². The van der Waals surface area contributed by atoms with E-state index in [2.05, 4.69) is 5.32 Å². The molecule has 7 nitrogen and oxygen atoms in total. The number of carbonyl (C=O) groups is 1. The zero-order valence-corrected chi connectivity index (χ0v) is 12.3. The predicted octanol–water partition coefficient (Wildman–Crippen LogP) is 1.61. The third-order valence-corrected chi connectivity index (χ3v) is 3.46. The van der Waals surface area contributed by atoms with Gasteiger partial charge in [0, 0.05) is 6.07 Å². The first-order chi connectivity index (χ1) is 9.89. The third kappa shape index (κ3) is 5.03. The van der Waals surface area contributed by atoms with Crippen LogP contribution >= 0.6 is 0 Å². The number of nitrogens with zero attached hydrogens (tertiary/aromatic N) is 1. The summed E-state index contributed by atoms with van der Waals surface area (Å²) in [6.45, 7) is 2.19. The number of hydrogen-bond donors (Lipinski definition) is 2. The van der Waals surface area contributed by atoms with Gasteiger partial charge in [0.1, 0.15) is 5.75 Å². The van der Waals surface area contributed by atoms with Crippen LogP contribution in [0.4, 0.5) is 5.69 Å². The van der Waals surface area contributed by atoms with Crippen LogP contribution in [0.25, 0.3) is 0 Å². The van der Waals surface area contributed by atoms with Crippen molar-refractivity contribution in [1.29, 1.82) is 0 Å². The predicted molar refractivity (Wildman–Crippen MR) is 79.1 cm³/mol. The van der Waals surface area contributed by atoms with E-state index in [1.807, 2.05) is 0 Å². The maximum Gasteiger partial charge on any atom is 0.273 e. The Kier molecular flexibility index (Phi) is 6.10. The normalized spacial score (nSPS) is 13.4. The smallest absolute Gasteiger partial charge is 0.273 e. The van der Waals surface area contributed by atoms with Crippen LogP contribution in [0.15, 0.2) is 24.3 Å². The molecule has 0 heterocycles. The fraction of sp³-hybridized carbons (Fsp3) is 0.500. The lowest BCUT2D eigenvalue weighted by molar-refractivity contribution is -0.384. The van der Waals surface area contributed by atoms with Crippen molar-refractivity contribution in [2.75, 3.05) is 13.7 Å². The molecule has 1 amide bonds. The van der Waals surface area contributed by atoms with Gasteiger partial charge in [-0.15, -0.1) is 0 Å². The summed E-state index contributed by atoms with van der Waals surface area (Å²) in [7, 11) is 1.70. The van der Waals surface area contributed by atoms with Crippen LogP contribution in [0.1, 0.15) is 26.2 Å². The van der Waals surface area contributed by atoms with Gasteiger partial charge in [0.15, 0.2) is 0 Å². The molecule has 21 heavy (non-hydrogen) atoms. The van der Waals surface area contributed by atoms with Gasteiger partial charge in [-0.2, -0.15) is 0 Å². The summed E-state index contributed by atoms with van der Waals surface area (Å²) in [4.78, 5) is 21.5. The van der Waals surface area contributed by atoms with Crippen LogP contribution in [0.3, 0.4) is 0 Å². The van der Waals surface area contributed by atoms with Gasteiger partial charge >= 0.3 is 0 Å². The number of nitro benzene ring substituents is 1. The van der Waals surface area contributed by atoms with Gasteiger partial charge < -0.3 is 15.8 Å². The van der Waals surface area contributed by atoms with Crippen LogP contribution in [0, 0.1) is 10.1 Å². The largest absolute Gasteiger partial charge is 0.493 e. The number of amides is 1. The maximum atomic E-state index is 11.3. The highest BCUT2D eigenvalue weighted by molar-refractivity contribution is 5.84. The standard InChI is InChI=1S/C14H21N3O4/c1-14(16-2,13(15)18)8-3-4-9-21-12-7-5-6-11(10-12)17(19)20/h5-7,10,16H,3-4,8-9H2,1-2H3,(H2,15,18). The van der Waals surface area contributed by atoms with E-state index in [1.165, 1.54) is 12.1 Å². The van der Waals surface area contributed by atoms with Crippen LogP contribution in [0.5, 0.6) is 5.75 Å². The summed E-state index contributed by atoms with van der Waals surface area (Å²) < 4.78 is 5.46. The topological polar surface area (TPSA) is 107 Å². The van der Waals surface area contributed by atoms with Gasteiger partial charge in [-0.05, 0) is 39.3 Å². The molecule has 0 fully saturated rings. The zero-order valence-electron chi connectivity index (χ0n) is 12.3. The number of likely N-dealkylation sites (N-methyl/N-ethyl adjacent to an activating group) is 1. The van der Waals surface area contributed by atoms with Crippen LogP contribution in [-0.2, 0) is 4.79 Å². The van der Waals surface area contributed by atoms with Crippen molar-refractivity contribution < 1.29 is 14.5 Å². The monoisotopic (exact) mass is 295 g/mol. The van der Waals surface area contributed by atoms with E-state index in [1.54, 1.807) is 26.1 Å². The summed E-state index contributed by atoms with van der Waals surface area (Å²) in [6.07, 6.45) is 2.10. The molecule has 0 aliphatic heterocycles. The number of nitro groups is 1. The first kappa shape index (κ1) is 16.9. The van der Waals surface area contributed by atoms with Crippen molar-refractivity contribution >= 4 is 11.6 Å². The number of carbonyl (C=O) groups excluding carboxylic acids is 1. The van der Waals surface area contributed by atoms with E-state index in [-0.39, 0.29) is 11.6 Å². The minimum Gasteiger partial charge on any atom is -0.493 e. The van der Waals surface area contributed by atoms with E-state index in [9.17, 15) is 14.9 Å². The number of rotatable bonds is 9. The van der Waals surface area contributed by atoms with Crippen LogP contribution in [-0.4, -0.2) is 30.0 Å². The molecule has 0 bridgehead atoms. The Labute approximate surface area is 123 Å². The zero-order chi connectivity index (χ0) is 15.9. The van der Waals surface area contributed by atoms with E-state index >= 15 is 0 Å². The SMILES string of the molecule is CNC(C)(CCCCOc1cccc([N+](=O)[O-])c1)C(N)=O. The highest BCUT2D eigenvalue weighted by Gasteiger charge is 2.27. The van der Waals surface area contributed by atoms with Crippen molar-refractivity contribution in [3.05, 3.63) is 34.4 Å². The first-order valence-electron chi connectivity index (χ1n) is 6.75. The average Bonchev–Trinajstić information content (AvgIpc) is 2.46. The highest BCUT2D eigenvalue weighted by Crippen LogP contribution is 2.19. The Morgan fingerprint density at radius 3 is 2.76 bits per heavy atom. The molecule has 1 atom stereocenters. The molecule has 0 spiro atoms. The number of ether oxygens (including phenoxy) is 1. The Morgan fingerprint density at radius 2 is 2.19 bits per heavy atom. The third-order valence-electron chi connectivity index (χ3n) is 3.46. The molecule has 0 radical (unpaired) electrons. The van der Waals surface area contributed by atoms with Crippen LogP contribution < -0.4 is 15.8 Å². The number of hydrogen-bond acceptors (Lipinski definition) is 5. The molecule has 0 aromatic heterocycles. The molecule has 0 aliphatic carbocycles. The van der Waals surface area contributed by atoms with Gasteiger partial charge in [0.05, 0.1) is 23.1 Å². The Morgan fingerprint density at radius 1 is 1.48 bits per heavy atom. The number of nitrogens with one attached hydrogen (secondary N) is 1. The fourth-order valence-corrected chi connectivity index (χ4v) is 1.83. The van der Waals surface area contributed by atoms with E-state index < -0.39 is 10.5 Å². The lowest BCUT2D eigenvalue weighted by Gasteiger charge is -2.25. The molecule has 1 unspecified atom stereocenters. The molecule has 3 N–H and O–H groups in total. The van der Waals surface area contributed by atoms with Crippen molar-refractivity contribution in [1.82, 2.24) is 5.32 Å². The second-order valence-corrected chi connectivity index (χ2v) is 5.01. The molecule has 1 aromatic carbocycles. The number of benzene rings is 1. The Balaban J connectivity index is 2.36. The van der Waals surface area contributed by atoms with E-state index in [0.29, 0.717) is 18.8 Å². The molecule has 0 aliphatic rings. The van der Waals surface area contributed by atoms with Gasteiger partial charge in [-0.3, -0.25) is 14.9 Å². The molecular formula is C14H21N3O4. The summed E-state index contributed by atoms with van der Waals surface area (Å²) in [6, 6.07) is 6.06. The summed E-state index contributed by atoms with van der Waals surface area (Å²) in [5, 5.41) is 13.6. The van der Waals surface area contributed by atoms with E-state index in [0.717, 1.165) is 12.8 Å². The van der Waals surface area contributed by atoms with Crippen molar-refractivity contribution in [3.8, 4) is 5.75 Å². The average molecular weight is 295 g/mol. The lowest BCUT2D eigenvalue weighted by Crippen LogP contribution is -2.51. The molecule has 1 aromatic rings. The van der Waals surface area contributed by atoms with Gasteiger partial charge in [-0.25, -0.2) is 0 Å². The number of primary amides is 1. The van der Waals surface area contributed by atoms with Gasteiger partial charge in [0.2, 0.25) is 5.91 Å². The fourth-order valence-electron chi connectivity index (χ4n) is 1.83. The number of nitrogens with two attached hydrogens (primary N) is 1. The Hall–Kier alpha value is -2.15. The molecule has 116 valence electrons. The second-order valence-electron chi connectivity index (χ2n) is 5.01. The highest BCUT2D eigenvalue weighted by atomic mass is 16.6. The minimum absolute atomic E-state index is 0.00369. The molecule has 7 heteroatoms. The molecule has 0 saturated carbocycles. The number of unbranched alkanes of at least 4 members (excludes halogenated alkanes) is 1. The Bertz CT molecular complexity index is 507. The molecular weight excluding hydrogens is 274 g/mol. The van der Waals surface area contributed by atoms with Crippen molar-refractivity contribution in [2.24, 2.45) is 5.73 Å². The molecule has 0 saturated heterocycles. The summed E-state index contributed by atoms with van der Waals surface area (Å²) in [5.74, 6) is 0.0834. The van der Waals surface area contributed by atoms with Gasteiger partial charge in [0.25, 0.3) is 5.69 Å². The second kappa shape index (κ2) is 7.58. The minimum atomic E-state index is -0.717. The molecule has 1 rings (SSSR count). The number of non-ortho nitro benzene ring substituents is 1. The summed E-state index contributed by atoms with van der Waals surface area (Å²) >= 11 is 0. The lowest BCUT2D eigenvalue weighted by atomic mass is 9.94. The summed E-state index contributed by atoms with van der Waals surface area (Å²) in [5.41, 5.74) is 4.62. The van der Waals surface area contributed by atoms with E-state index in [4.69, 9.17) is 10.5 Å². The van der Waals surface area contributed by atoms with Crippen LogP contribution in [0.2, 0.25) is 0 Å². The maximum absolute atomic E-state index is 11.3.